The fraction of sp³-hybridized carbons (Fsp3) is 0.176. The van der Waals surface area contributed by atoms with Gasteiger partial charge in [0.15, 0.2) is 0 Å². The van der Waals surface area contributed by atoms with Crippen molar-refractivity contribution >= 4 is 17.4 Å². The first-order valence-corrected chi connectivity index (χ1v) is 8.61. The summed E-state index contributed by atoms with van der Waals surface area (Å²) in [6.07, 6.45) is 4.06. The number of thioether (sulfide) groups is 1. The third-order valence-electron chi connectivity index (χ3n) is 3.80. The summed E-state index contributed by atoms with van der Waals surface area (Å²) in [5.74, 6) is 0.716. The molecule has 24 heavy (non-hydrogen) atoms. The average Bonchev–Trinajstić information content (AvgIpc) is 3.20. The first-order valence-electron chi connectivity index (χ1n) is 7.62. The van der Waals surface area contributed by atoms with Crippen molar-refractivity contribution in [2.75, 3.05) is 0 Å². The summed E-state index contributed by atoms with van der Waals surface area (Å²) in [5, 5.41) is 12.8. The highest BCUT2D eigenvalue weighted by Gasteiger charge is 2.11. The van der Waals surface area contributed by atoms with Crippen LogP contribution in [0.3, 0.4) is 0 Å². The number of benzene rings is 1. The van der Waals surface area contributed by atoms with Crippen LogP contribution in [-0.4, -0.2) is 29.6 Å². The van der Waals surface area contributed by atoms with Crippen molar-refractivity contribution in [3.63, 3.8) is 0 Å². The van der Waals surface area contributed by atoms with E-state index in [1.165, 1.54) is 11.1 Å². The van der Waals surface area contributed by atoms with Crippen molar-refractivity contribution in [3.8, 4) is 5.69 Å². The zero-order chi connectivity index (χ0) is 16.5. The second-order valence-electron chi connectivity index (χ2n) is 5.65. The minimum atomic E-state index is 0.716. The molecule has 0 saturated heterocycles. The minimum Gasteiger partial charge on any atom is -0.307 e. The van der Waals surface area contributed by atoms with Crippen molar-refractivity contribution < 1.29 is 0 Å². The van der Waals surface area contributed by atoms with Crippen molar-refractivity contribution in [1.82, 2.24) is 29.6 Å². The molecule has 0 amide bonds. The van der Waals surface area contributed by atoms with Crippen LogP contribution in [0.4, 0.5) is 0 Å². The van der Waals surface area contributed by atoms with Crippen LogP contribution in [0.25, 0.3) is 11.3 Å². The Morgan fingerprint density at radius 2 is 1.92 bits per heavy atom. The first kappa shape index (κ1) is 14.9. The predicted molar refractivity (Wildman–Crippen MR) is 93.4 cm³/mol. The Kier molecular flexibility index (Phi) is 3.78. The third kappa shape index (κ3) is 2.78. The van der Waals surface area contributed by atoms with E-state index in [4.69, 9.17) is 0 Å². The Balaban J connectivity index is 1.57. The van der Waals surface area contributed by atoms with Crippen LogP contribution in [0.1, 0.15) is 16.8 Å². The van der Waals surface area contributed by atoms with Gasteiger partial charge in [-0.15, -0.1) is 5.10 Å². The maximum Gasteiger partial charge on any atom is 0.214 e. The molecule has 0 N–H and O–H groups in total. The summed E-state index contributed by atoms with van der Waals surface area (Å²) in [5.41, 5.74) is 5.33. The number of imidazole rings is 1. The summed E-state index contributed by atoms with van der Waals surface area (Å²) >= 11 is 1.58. The largest absolute Gasteiger partial charge is 0.307 e. The highest BCUT2D eigenvalue weighted by atomic mass is 32.2. The lowest BCUT2D eigenvalue weighted by atomic mass is 10.2. The van der Waals surface area contributed by atoms with Crippen molar-refractivity contribution in [2.45, 2.75) is 24.8 Å². The number of pyridine rings is 1. The summed E-state index contributed by atoms with van der Waals surface area (Å²) in [6.45, 7) is 4.13. The van der Waals surface area contributed by atoms with E-state index < -0.39 is 0 Å². The molecule has 3 aromatic heterocycles. The zero-order valence-corrected chi connectivity index (χ0v) is 14.2. The SMILES string of the molecule is Cc1ccc(-n2nnnc2SCc2cn3cccc(C)c3n2)cc1. The van der Waals surface area contributed by atoms with E-state index in [1.807, 2.05) is 28.8 Å². The van der Waals surface area contributed by atoms with E-state index in [-0.39, 0.29) is 0 Å². The standard InChI is InChI=1S/C17H16N6S/c1-12-5-7-15(8-6-12)23-17(19-20-21-23)24-11-14-10-22-9-3-4-13(2)16(22)18-14/h3-10H,11H2,1-2H3. The van der Waals surface area contributed by atoms with E-state index in [0.717, 1.165) is 22.2 Å². The fourth-order valence-electron chi connectivity index (χ4n) is 2.53. The molecule has 0 radical (unpaired) electrons. The Morgan fingerprint density at radius 3 is 2.71 bits per heavy atom. The van der Waals surface area contributed by atoms with Gasteiger partial charge in [-0.2, -0.15) is 4.68 Å². The molecule has 3 heterocycles. The van der Waals surface area contributed by atoms with Gasteiger partial charge in [-0.25, -0.2) is 4.98 Å². The van der Waals surface area contributed by atoms with Gasteiger partial charge in [0.25, 0.3) is 0 Å². The number of hydrogen-bond acceptors (Lipinski definition) is 5. The lowest BCUT2D eigenvalue weighted by molar-refractivity contribution is 0.756. The predicted octanol–water partition coefficient (Wildman–Crippen LogP) is 3.22. The van der Waals surface area contributed by atoms with Crippen molar-refractivity contribution in [3.05, 3.63) is 65.6 Å². The van der Waals surface area contributed by atoms with Gasteiger partial charge >= 0.3 is 0 Å². The van der Waals surface area contributed by atoms with Crippen LogP contribution in [0.15, 0.2) is 53.9 Å². The topological polar surface area (TPSA) is 60.9 Å². The monoisotopic (exact) mass is 336 g/mol. The molecule has 0 aliphatic rings. The average molecular weight is 336 g/mol. The van der Waals surface area contributed by atoms with Gasteiger partial charge < -0.3 is 4.40 Å². The molecule has 0 saturated carbocycles. The van der Waals surface area contributed by atoms with Crippen LogP contribution in [0.5, 0.6) is 0 Å². The number of rotatable bonds is 4. The summed E-state index contributed by atoms with van der Waals surface area (Å²) in [7, 11) is 0. The number of aryl methyl sites for hydroxylation is 2. The molecule has 7 heteroatoms. The molecule has 0 aliphatic heterocycles. The van der Waals surface area contributed by atoms with Gasteiger partial charge in [-0.3, -0.25) is 0 Å². The van der Waals surface area contributed by atoms with Gasteiger partial charge in [0.2, 0.25) is 5.16 Å². The molecule has 0 bridgehead atoms. The molecule has 0 aliphatic carbocycles. The minimum absolute atomic E-state index is 0.716. The molecular weight excluding hydrogens is 320 g/mol. The lowest BCUT2D eigenvalue weighted by Gasteiger charge is -2.03. The molecule has 1 aromatic carbocycles. The fourth-order valence-corrected chi connectivity index (χ4v) is 3.30. The van der Waals surface area contributed by atoms with E-state index in [2.05, 4.69) is 58.8 Å². The highest BCUT2D eigenvalue weighted by molar-refractivity contribution is 7.98. The Hall–Kier alpha value is -2.67. The Bertz CT molecular complexity index is 986. The number of aromatic nitrogens is 6. The van der Waals surface area contributed by atoms with Crippen molar-refractivity contribution in [2.24, 2.45) is 0 Å². The third-order valence-corrected chi connectivity index (χ3v) is 4.75. The number of tetrazole rings is 1. The van der Waals surface area contributed by atoms with Crippen molar-refractivity contribution in [1.29, 1.82) is 0 Å². The normalized spacial score (nSPS) is 11.2. The van der Waals surface area contributed by atoms with Crippen LogP contribution >= 0.6 is 11.8 Å². The van der Waals surface area contributed by atoms with Crippen LogP contribution in [-0.2, 0) is 5.75 Å². The van der Waals surface area contributed by atoms with E-state index in [9.17, 15) is 0 Å². The Morgan fingerprint density at radius 1 is 1.08 bits per heavy atom. The molecule has 6 nitrogen and oxygen atoms in total. The quantitative estimate of drug-likeness (QED) is 0.536. The maximum atomic E-state index is 4.69. The van der Waals surface area contributed by atoms with E-state index in [0.29, 0.717) is 5.75 Å². The lowest BCUT2D eigenvalue weighted by Crippen LogP contribution is -1.99. The van der Waals surface area contributed by atoms with E-state index >= 15 is 0 Å². The number of nitrogens with zero attached hydrogens (tertiary/aromatic N) is 6. The van der Waals surface area contributed by atoms with Gasteiger partial charge in [0.05, 0.1) is 11.4 Å². The molecule has 4 aromatic rings. The summed E-state index contributed by atoms with van der Waals surface area (Å²) < 4.78 is 3.80. The summed E-state index contributed by atoms with van der Waals surface area (Å²) in [4.78, 5) is 4.69. The molecular formula is C17H16N6S. The van der Waals surface area contributed by atoms with Gasteiger partial charge in [0, 0.05) is 18.1 Å². The molecule has 0 spiro atoms. The molecule has 0 fully saturated rings. The van der Waals surface area contributed by atoms with E-state index in [1.54, 1.807) is 16.4 Å². The van der Waals surface area contributed by atoms with Crippen LogP contribution < -0.4 is 0 Å². The first-order chi connectivity index (χ1) is 11.7. The molecule has 0 unspecified atom stereocenters. The van der Waals surface area contributed by atoms with Gasteiger partial charge in [0.1, 0.15) is 5.65 Å². The van der Waals surface area contributed by atoms with Crippen LogP contribution in [0.2, 0.25) is 0 Å². The number of hydrogen-bond donors (Lipinski definition) is 0. The zero-order valence-electron chi connectivity index (χ0n) is 13.4. The number of fused-ring (bicyclic) bond motifs is 1. The highest BCUT2D eigenvalue weighted by Crippen LogP contribution is 2.23. The molecule has 0 atom stereocenters. The smallest absolute Gasteiger partial charge is 0.214 e. The maximum absolute atomic E-state index is 4.69. The summed E-state index contributed by atoms with van der Waals surface area (Å²) in [6, 6.07) is 12.2. The van der Waals surface area contributed by atoms with Gasteiger partial charge in [-0.1, -0.05) is 35.5 Å². The van der Waals surface area contributed by atoms with Gasteiger partial charge in [-0.05, 0) is 48.0 Å². The second kappa shape index (κ2) is 6.09. The second-order valence-corrected chi connectivity index (χ2v) is 6.59. The van der Waals surface area contributed by atoms with Crippen LogP contribution in [0, 0.1) is 13.8 Å². The molecule has 4 rings (SSSR count). The molecule has 120 valence electrons. The Labute approximate surface area is 143 Å².